The van der Waals surface area contributed by atoms with Gasteiger partial charge in [0.2, 0.25) is 0 Å². The lowest BCUT2D eigenvalue weighted by atomic mass is 9.95. The molecule has 6 nitrogen and oxygen atoms in total. The molecule has 0 spiro atoms. The Morgan fingerprint density at radius 3 is 2.83 bits per heavy atom. The number of nitrogens with zero attached hydrogens (tertiary/aromatic N) is 2. The van der Waals surface area contributed by atoms with Gasteiger partial charge in [-0.25, -0.2) is 4.68 Å². The average molecular weight is 327 g/mol. The second-order valence-electron chi connectivity index (χ2n) is 6.74. The Hall–Kier alpha value is -2.34. The van der Waals surface area contributed by atoms with Crippen LogP contribution in [0.1, 0.15) is 35.8 Å². The van der Waals surface area contributed by atoms with E-state index in [0.717, 1.165) is 25.5 Å². The average Bonchev–Trinajstić information content (AvgIpc) is 2.99. The highest BCUT2D eigenvalue weighted by molar-refractivity contribution is 5.97. The third kappa shape index (κ3) is 3.43. The minimum Gasteiger partial charge on any atom is -0.369 e. The van der Waals surface area contributed by atoms with Gasteiger partial charge in [-0.3, -0.25) is 4.79 Å². The van der Waals surface area contributed by atoms with Crippen LogP contribution in [0.4, 0.5) is 5.82 Å². The summed E-state index contributed by atoms with van der Waals surface area (Å²) in [6, 6.07) is 10.9. The third-order valence-corrected chi connectivity index (χ3v) is 4.55. The Balaban J connectivity index is 1.63. The molecule has 1 aromatic heterocycles. The van der Waals surface area contributed by atoms with Gasteiger partial charge >= 0.3 is 0 Å². The standard InChI is InChI=1S/C18H25N5O/c1-12(2)16(14-6-4-3-5-7-14)20-8-13-9-21-18-15(17(19)24)10-22-23(18)11-13/h3-7,10,12-13,16,20-21H,8-9,11H2,1-2H3,(H2,19,24)/t13-,16+/m1/s1. The number of nitrogens with one attached hydrogen (secondary N) is 2. The van der Waals surface area contributed by atoms with Crippen molar-refractivity contribution in [3.63, 3.8) is 0 Å². The Morgan fingerprint density at radius 2 is 2.17 bits per heavy atom. The van der Waals surface area contributed by atoms with Gasteiger partial charge in [0.15, 0.2) is 0 Å². The maximum Gasteiger partial charge on any atom is 0.254 e. The van der Waals surface area contributed by atoms with Crippen LogP contribution in [-0.4, -0.2) is 28.8 Å². The summed E-state index contributed by atoms with van der Waals surface area (Å²) < 4.78 is 1.84. The highest BCUT2D eigenvalue weighted by Crippen LogP contribution is 2.24. The number of benzene rings is 1. The summed E-state index contributed by atoms with van der Waals surface area (Å²) in [4.78, 5) is 11.4. The highest BCUT2D eigenvalue weighted by atomic mass is 16.1. The first-order chi connectivity index (χ1) is 11.6. The lowest BCUT2D eigenvalue weighted by Gasteiger charge is -2.29. The van der Waals surface area contributed by atoms with Gasteiger partial charge in [0, 0.05) is 31.6 Å². The van der Waals surface area contributed by atoms with Gasteiger partial charge in [-0.05, 0) is 11.5 Å². The Kier molecular flexibility index (Phi) is 4.85. The molecular weight excluding hydrogens is 302 g/mol. The van der Waals surface area contributed by atoms with Crippen LogP contribution in [0, 0.1) is 11.8 Å². The number of hydrogen-bond acceptors (Lipinski definition) is 4. The van der Waals surface area contributed by atoms with E-state index in [1.807, 2.05) is 10.7 Å². The molecule has 24 heavy (non-hydrogen) atoms. The van der Waals surface area contributed by atoms with Crippen LogP contribution in [0.2, 0.25) is 0 Å². The number of amides is 1. The van der Waals surface area contributed by atoms with E-state index in [1.165, 1.54) is 5.56 Å². The SMILES string of the molecule is CC(C)[C@H](NC[C@@H]1CNc2c(C(N)=O)cnn2C1)c1ccccc1. The van der Waals surface area contributed by atoms with E-state index in [-0.39, 0.29) is 0 Å². The summed E-state index contributed by atoms with van der Waals surface area (Å²) in [5.41, 5.74) is 7.14. The predicted octanol–water partition coefficient (Wildman–Crippen LogP) is 2.01. The summed E-state index contributed by atoms with van der Waals surface area (Å²) in [5, 5.41) is 11.3. The van der Waals surface area contributed by atoms with Crippen LogP contribution in [0.5, 0.6) is 0 Å². The maximum absolute atomic E-state index is 11.4. The number of nitrogens with two attached hydrogens (primary N) is 1. The molecule has 1 aromatic carbocycles. The maximum atomic E-state index is 11.4. The molecule has 1 aliphatic rings. The van der Waals surface area contributed by atoms with Crippen LogP contribution in [0.15, 0.2) is 36.5 Å². The van der Waals surface area contributed by atoms with E-state index in [9.17, 15) is 4.79 Å². The minimum absolute atomic E-state index is 0.325. The number of carbonyl (C=O) groups excluding carboxylic acids is 1. The summed E-state index contributed by atoms with van der Waals surface area (Å²) in [6.45, 7) is 6.93. The molecule has 1 amide bonds. The fourth-order valence-corrected chi connectivity index (χ4v) is 3.27. The smallest absolute Gasteiger partial charge is 0.254 e. The van der Waals surface area contributed by atoms with Crippen molar-refractivity contribution in [3.8, 4) is 0 Å². The molecule has 0 fully saturated rings. The Labute approximate surface area is 142 Å². The van der Waals surface area contributed by atoms with Gasteiger partial charge in [0.25, 0.3) is 5.91 Å². The zero-order chi connectivity index (χ0) is 17.1. The predicted molar refractivity (Wildman–Crippen MR) is 94.7 cm³/mol. The van der Waals surface area contributed by atoms with Gasteiger partial charge < -0.3 is 16.4 Å². The van der Waals surface area contributed by atoms with Crippen molar-refractivity contribution in [3.05, 3.63) is 47.7 Å². The zero-order valence-electron chi connectivity index (χ0n) is 14.2. The van der Waals surface area contributed by atoms with E-state index >= 15 is 0 Å². The van der Waals surface area contributed by atoms with Crippen molar-refractivity contribution in [1.82, 2.24) is 15.1 Å². The number of hydrogen-bond donors (Lipinski definition) is 3. The van der Waals surface area contributed by atoms with Crippen molar-refractivity contribution in [2.75, 3.05) is 18.4 Å². The molecule has 2 atom stereocenters. The first-order valence-corrected chi connectivity index (χ1v) is 8.44. The van der Waals surface area contributed by atoms with Gasteiger partial charge in [-0.2, -0.15) is 5.10 Å². The topological polar surface area (TPSA) is 85.0 Å². The molecule has 0 bridgehead atoms. The van der Waals surface area contributed by atoms with Crippen molar-refractivity contribution >= 4 is 11.7 Å². The fourth-order valence-electron chi connectivity index (χ4n) is 3.27. The number of anilines is 1. The number of carbonyl (C=O) groups is 1. The van der Waals surface area contributed by atoms with Crippen molar-refractivity contribution in [1.29, 1.82) is 0 Å². The van der Waals surface area contributed by atoms with Crippen molar-refractivity contribution < 1.29 is 4.79 Å². The second-order valence-corrected chi connectivity index (χ2v) is 6.74. The molecule has 0 unspecified atom stereocenters. The Bertz CT molecular complexity index is 695. The molecule has 4 N–H and O–H groups in total. The van der Waals surface area contributed by atoms with Gasteiger partial charge in [0.1, 0.15) is 11.4 Å². The van der Waals surface area contributed by atoms with E-state index < -0.39 is 5.91 Å². The molecule has 2 aromatic rings. The van der Waals surface area contributed by atoms with Crippen molar-refractivity contribution in [2.45, 2.75) is 26.4 Å². The fraction of sp³-hybridized carbons (Fsp3) is 0.444. The molecule has 2 heterocycles. The van der Waals surface area contributed by atoms with Crippen LogP contribution in [-0.2, 0) is 6.54 Å². The summed E-state index contributed by atoms with van der Waals surface area (Å²) in [7, 11) is 0. The number of fused-ring (bicyclic) bond motifs is 1. The number of rotatable bonds is 6. The van der Waals surface area contributed by atoms with E-state index in [2.05, 4.69) is 53.8 Å². The van der Waals surface area contributed by atoms with E-state index in [1.54, 1.807) is 6.20 Å². The molecule has 0 saturated heterocycles. The van der Waals surface area contributed by atoms with Crippen LogP contribution in [0.3, 0.4) is 0 Å². The summed E-state index contributed by atoms with van der Waals surface area (Å²) >= 11 is 0. The second kappa shape index (κ2) is 7.05. The van der Waals surface area contributed by atoms with Crippen LogP contribution in [0.25, 0.3) is 0 Å². The number of aromatic nitrogens is 2. The zero-order valence-corrected chi connectivity index (χ0v) is 14.2. The van der Waals surface area contributed by atoms with E-state index in [0.29, 0.717) is 23.4 Å². The first kappa shape index (κ1) is 16.5. The lowest BCUT2D eigenvalue weighted by Crippen LogP contribution is -2.38. The van der Waals surface area contributed by atoms with E-state index in [4.69, 9.17) is 5.73 Å². The Morgan fingerprint density at radius 1 is 1.42 bits per heavy atom. The molecule has 128 valence electrons. The van der Waals surface area contributed by atoms with Crippen molar-refractivity contribution in [2.24, 2.45) is 17.6 Å². The highest BCUT2D eigenvalue weighted by Gasteiger charge is 2.24. The molecule has 6 heteroatoms. The first-order valence-electron chi connectivity index (χ1n) is 8.44. The molecule has 0 saturated carbocycles. The number of primary amides is 1. The molecule has 0 aliphatic carbocycles. The van der Waals surface area contributed by atoms with Gasteiger partial charge in [-0.1, -0.05) is 44.2 Å². The molecule has 1 aliphatic heterocycles. The van der Waals surface area contributed by atoms with Crippen LogP contribution < -0.4 is 16.4 Å². The normalized spacial score (nSPS) is 18.0. The summed E-state index contributed by atoms with van der Waals surface area (Å²) in [6.07, 6.45) is 1.54. The molecular formula is C18H25N5O. The molecule has 3 rings (SSSR count). The van der Waals surface area contributed by atoms with Gasteiger partial charge in [-0.15, -0.1) is 0 Å². The lowest BCUT2D eigenvalue weighted by molar-refractivity contribution is 0.100. The molecule has 0 radical (unpaired) electrons. The summed E-state index contributed by atoms with van der Waals surface area (Å²) in [5.74, 6) is 1.21. The quantitative estimate of drug-likeness (QED) is 0.758. The largest absolute Gasteiger partial charge is 0.369 e. The van der Waals surface area contributed by atoms with Crippen LogP contribution >= 0.6 is 0 Å². The third-order valence-electron chi connectivity index (χ3n) is 4.55. The minimum atomic E-state index is -0.440. The van der Waals surface area contributed by atoms with Gasteiger partial charge in [0.05, 0.1) is 6.20 Å². The monoisotopic (exact) mass is 327 g/mol.